The average Bonchev–Trinajstić information content (AvgIpc) is 3.44. The molecule has 0 aromatic rings. The van der Waals surface area contributed by atoms with Crippen LogP contribution in [-0.2, 0) is 4.74 Å². The van der Waals surface area contributed by atoms with E-state index in [0.717, 1.165) is 50.6 Å². The lowest BCUT2D eigenvalue weighted by molar-refractivity contribution is 0.0732. The Morgan fingerprint density at radius 2 is 1.96 bits per heavy atom. The van der Waals surface area contributed by atoms with Gasteiger partial charge < -0.3 is 15.4 Å². The summed E-state index contributed by atoms with van der Waals surface area (Å²) >= 11 is 0. The van der Waals surface area contributed by atoms with Crippen LogP contribution < -0.4 is 10.6 Å². The van der Waals surface area contributed by atoms with E-state index in [2.05, 4.69) is 20.5 Å². The fourth-order valence-corrected chi connectivity index (χ4v) is 3.81. The van der Waals surface area contributed by atoms with Gasteiger partial charge in [0.05, 0.1) is 0 Å². The van der Waals surface area contributed by atoms with Crippen molar-refractivity contribution >= 4 is 29.9 Å². The van der Waals surface area contributed by atoms with Crippen LogP contribution in [0.4, 0.5) is 0 Å². The number of nitrogens with zero attached hydrogens (tertiary/aromatic N) is 2. The minimum atomic E-state index is 0. The summed E-state index contributed by atoms with van der Waals surface area (Å²) in [5.41, 5.74) is 0.430. The van der Waals surface area contributed by atoms with E-state index in [1.807, 2.05) is 7.05 Å². The van der Waals surface area contributed by atoms with Crippen molar-refractivity contribution in [3.8, 4) is 0 Å². The Hall–Kier alpha value is -0.0800. The van der Waals surface area contributed by atoms with Gasteiger partial charge in [-0.1, -0.05) is 6.42 Å². The van der Waals surface area contributed by atoms with Gasteiger partial charge in [-0.15, -0.1) is 24.0 Å². The summed E-state index contributed by atoms with van der Waals surface area (Å²) in [6, 6.07) is 0.870. The Labute approximate surface area is 170 Å². The molecule has 0 atom stereocenters. The molecule has 3 aliphatic carbocycles. The quantitative estimate of drug-likeness (QED) is 0.281. The first-order chi connectivity index (χ1) is 11.7. The summed E-state index contributed by atoms with van der Waals surface area (Å²) in [5.74, 6) is 1.95. The maximum atomic E-state index is 5.28. The Kier molecular flexibility index (Phi) is 8.75. The van der Waals surface area contributed by atoms with Crippen molar-refractivity contribution < 1.29 is 4.74 Å². The van der Waals surface area contributed by atoms with Gasteiger partial charge in [-0.3, -0.25) is 9.89 Å². The lowest BCUT2D eigenvalue weighted by Crippen LogP contribution is -2.48. The molecule has 0 unspecified atom stereocenters. The fraction of sp³-hybridized carbons (Fsp3) is 0.947. The topological polar surface area (TPSA) is 48.9 Å². The summed E-state index contributed by atoms with van der Waals surface area (Å²) in [4.78, 5) is 7.10. The number of hydrogen-bond donors (Lipinski definition) is 2. The number of rotatable bonds is 11. The van der Waals surface area contributed by atoms with Crippen molar-refractivity contribution in [3.63, 3.8) is 0 Å². The van der Waals surface area contributed by atoms with E-state index in [1.165, 1.54) is 51.5 Å². The summed E-state index contributed by atoms with van der Waals surface area (Å²) in [6.07, 6.45) is 10.9. The zero-order valence-electron chi connectivity index (χ0n) is 16.1. The van der Waals surface area contributed by atoms with Crippen LogP contribution in [0.5, 0.6) is 0 Å². The molecule has 0 aromatic heterocycles. The number of hydrogen-bond acceptors (Lipinski definition) is 3. The second kappa shape index (κ2) is 10.3. The van der Waals surface area contributed by atoms with E-state index in [0.29, 0.717) is 5.41 Å². The Bertz CT molecular complexity index is 420. The highest BCUT2D eigenvalue weighted by atomic mass is 127. The Morgan fingerprint density at radius 1 is 1.20 bits per heavy atom. The van der Waals surface area contributed by atoms with E-state index in [-0.39, 0.29) is 24.0 Å². The summed E-state index contributed by atoms with van der Waals surface area (Å²) in [6.45, 7) is 5.35. The smallest absolute Gasteiger partial charge is 0.191 e. The molecule has 3 rings (SSSR count). The van der Waals surface area contributed by atoms with Crippen LogP contribution in [0.3, 0.4) is 0 Å². The molecule has 3 fully saturated rings. The van der Waals surface area contributed by atoms with Gasteiger partial charge in [-0.05, 0) is 56.3 Å². The third kappa shape index (κ3) is 6.86. The SMILES string of the molecule is CN=C(NCCN(CC1CC1)C1CC1)NCC1(CCOC)CCC1.I. The fourth-order valence-electron chi connectivity index (χ4n) is 3.81. The number of halogens is 1. The normalized spacial score (nSPS) is 22.3. The maximum Gasteiger partial charge on any atom is 0.191 e. The molecular formula is C19H37IN4O. The van der Waals surface area contributed by atoms with Gasteiger partial charge >= 0.3 is 0 Å². The molecule has 146 valence electrons. The van der Waals surface area contributed by atoms with E-state index < -0.39 is 0 Å². The highest BCUT2D eigenvalue weighted by Gasteiger charge is 2.36. The standard InChI is InChI=1S/C19H36N4O.HI/c1-20-18(22-15-19(8-3-9-19)10-13-24-2)21-11-12-23(17-6-7-17)14-16-4-5-16;/h16-17H,3-15H2,1-2H3,(H2,20,21,22);1H. The minimum Gasteiger partial charge on any atom is -0.385 e. The highest BCUT2D eigenvalue weighted by Crippen LogP contribution is 2.43. The third-order valence-corrected chi connectivity index (χ3v) is 6.05. The molecule has 0 aliphatic heterocycles. The second-order valence-electron chi connectivity index (χ2n) is 8.12. The molecule has 6 heteroatoms. The van der Waals surface area contributed by atoms with Crippen molar-refractivity contribution in [2.45, 2.75) is 57.4 Å². The first-order valence-electron chi connectivity index (χ1n) is 9.92. The predicted molar refractivity (Wildman–Crippen MR) is 115 cm³/mol. The summed E-state index contributed by atoms with van der Waals surface area (Å²) in [5, 5.41) is 7.08. The average molecular weight is 464 g/mol. The number of nitrogens with one attached hydrogen (secondary N) is 2. The lowest BCUT2D eigenvalue weighted by Gasteiger charge is -2.42. The molecule has 0 heterocycles. The number of aliphatic imine (C=N–C) groups is 1. The molecule has 3 saturated carbocycles. The van der Waals surface area contributed by atoms with Crippen molar-refractivity contribution in [2.75, 3.05) is 46.9 Å². The van der Waals surface area contributed by atoms with Crippen molar-refractivity contribution in [2.24, 2.45) is 16.3 Å². The molecule has 0 bridgehead atoms. The number of guanidine groups is 1. The Balaban J connectivity index is 0.00000225. The van der Waals surface area contributed by atoms with Gasteiger partial charge in [0.25, 0.3) is 0 Å². The molecule has 5 nitrogen and oxygen atoms in total. The van der Waals surface area contributed by atoms with Crippen LogP contribution in [0.25, 0.3) is 0 Å². The van der Waals surface area contributed by atoms with Crippen LogP contribution in [-0.4, -0.2) is 63.8 Å². The number of ether oxygens (including phenoxy) is 1. The molecule has 25 heavy (non-hydrogen) atoms. The van der Waals surface area contributed by atoms with Gasteiger partial charge in [-0.2, -0.15) is 0 Å². The zero-order chi connectivity index (χ0) is 16.8. The van der Waals surface area contributed by atoms with Gasteiger partial charge in [0.2, 0.25) is 0 Å². The first-order valence-corrected chi connectivity index (χ1v) is 9.92. The van der Waals surface area contributed by atoms with Crippen LogP contribution in [0.1, 0.15) is 51.4 Å². The predicted octanol–water partition coefficient (Wildman–Crippen LogP) is 2.85. The van der Waals surface area contributed by atoms with Gasteiger partial charge in [0.1, 0.15) is 0 Å². The summed E-state index contributed by atoms with van der Waals surface area (Å²) < 4.78 is 5.28. The molecule has 3 aliphatic rings. The molecule has 0 amide bonds. The van der Waals surface area contributed by atoms with Crippen molar-refractivity contribution in [1.29, 1.82) is 0 Å². The zero-order valence-corrected chi connectivity index (χ0v) is 18.4. The largest absolute Gasteiger partial charge is 0.385 e. The molecule has 0 aromatic carbocycles. The lowest BCUT2D eigenvalue weighted by atomic mass is 9.67. The van der Waals surface area contributed by atoms with Gasteiger partial charge in [0.15, 0.2) is 5.96 Å². The summed E-state index contributed by atoms with van der Waals surface area (Å²) in [7, 11) is 3.67. The van der Waals surface area contributed by atoms with Gasteiger partial charge in [0, 0.05) is 53.0 Å². The highest BCUT2D eigenvalue weighted by molar-refractivity contribution is 14.0. The van der Waals surface area contributed by atoms with Crippen LogP contribution >= 0.6 is 24.0 Å². The first kappa shape index (κ1) is 21.2. The Morgan fingerprint density at radius 3 is 2.48 bits per heavy atom. The van der Waals surface area contributed by atoms with Crippen molar-refractivity contribution in [1.82, 2.24) is 15.5 Å². The van der Waals surface area contributed by atoms with Crippen LogP contribution in [0, 0.1) is 11.3 Å². The molecular weight excluding hydrogens is 427 g/mol. The molecule has 2 N–H and O–H groups in total. The van der Waals surface area contributed by atoms with E-state index in [9.17, 15) is 0 Å². The van der Waals surface area contributed by atoms with E-state index in [4.69, 9.17) is 4.74 Å². The van der Waals surface area contributed by atoms with Gasteiger partial charge in [-0.25, -0.2) is 0 Å². The van der Waals surface area contributed by atoms with E-state index >= 15 is 0 Å². The van der Waals surface area contributed by atoms with Crippen molar-refractivity contribution in [3.05, 3.63) is 0 Å². The van der Waals surface area contributed by atoms with Crippen LogP contribution in [0.15, 0.2) is 4.99 Å². The number of methoxy groups -OCH3 is 1. The second-order valence-corrected chi connectivity index (χ2v) is 8.12. The van der Waals surface area contributed by atoms with E-state index in [1.54, 1.807) is 7.11 Å². The molecule has 0 radical (unpaired) electrons. The monoisotopic (exact) mass is 464 g/mol. The molecule has 0 saturated heterocycles. The minimum absolute atomic E-state index is 0. The van der Waals surface area contributed by atoms with Crippen LogP contribution in [0.2, 0.25) is 0 Å². The maximum absolute atomic E-state index is 5.28. The molecule has 0 spiro atoms. The third-order valence-electron chi connectivity index (χ3n) is 6.05.